The van der Waals surface area contributed by atoms with E-state index in [0.29, 0.717) is 12.1 Å². The lowest BCUT2D eigenvalue weighted by atomic mass is 10.1. The van der Waals surface area contributed by atoms with Gasteiger partial charge in [0.15, 0.2) is 0 Å². The lowest BCUT2D eigenvalue weighted by molar-refractivity contribution is 0.0953. The topological polar surface area (TPSA) is 54.9 Å². The third-order valence-corrected chi connectivity index (χ3v) is 3.80. The van der Waals surface area contributed by atoms with E-state index < -0.39 is 0 Å². The van der Waals surface area contributed by atoms with Crippen LogP contribution in [-0.2, 0) is 6.42 Å². The molecule has 3 rings (SSSR count). The zero-order valence-electron chi connectivity index (χ0n) is 11.8. The summed E-state index contributed by atoms with van der Waals surface area (Å²) < 4.78 is 0.790. The molecule has 0 aliphatic rings. The third kappa shape index (κ3) is 3.31. The Kier molecular flexibility index (Phi) is 4.44. The van der Waals surface area contributed by atoms with Crippen molar-refractivity contribution >= 4 is 32.7 Å². The van der Waals surface area contributed by atoms with E-state index in [0.717, 1.165) is 27.4 Å². The van der Waals surface area contributed by atoms with Gasteiger partial charge in [-0.3, -0.25) is 14.8 Å². The zero-order valence-corrected chi connectivity index (χ0v) is 13.4. The summed E-state index contributed by atoms with van der Waals surface area (Å²) >= 11 is 3.31. The van der Waals surface area contributed by atoms with Crippen molar-refractivity contribution in [2.45, 2.75) is 6.42 Å². The molecule has 0 aliphatic heterocycles. The summed E-state index contributed by atoms with van der Waals surface area (Å²) in [5, 5.41) is 4.03. The number of benzene rings is 1. The maximum absolute atomic E-state index is 12.1. The molecule has 0 fully saturated rings. The summed E-state index contributed by atoms with van der Waals surface area (Å²) in [7, 11) is 0. The van der Waals surface area contributed by atoms with Crippen molar-refractivity contribution in [1.82, 2.24) is 15.3 Å². The maximum atomic E-state index is 12.1. The predicted molar refractivity (Wildman–Crippen MR) is 89.7 cm³/mol. The minimum absolute atomic E-state index is 0.123. The Bertz CT molecular complexity index is 814. The van der Waals surface area contributed by atoms with Crippen molar-refractivity contribution in [2.24, 2.45) is 0 Å². The molecule has 1 aromatic carbocycles. The van der Waals surface area contributed by atoms with E-state index in [1.807, 2.05) is 30.3 Å². The first-order valence-electron chi connectivity index (χ1n) is 6.95. The van der Waals surface area contributed by atoms with Gasteiger partial charge in [-0.25, -0.2) is 0 Å². The maximum Gasteiger partial charge on any atom is 0.252 e. The Morgan fingerprint density at radius 3 is 2.91 bits per heavy atom. The Morgan fingerprint density at radius 2 is 2.05 bits per heavy atom. The minimum Gasteiger partial charge on any atom is -0.352 e. The third-order valence-electron chi connectivity index (χ3n) is 3.36. The SMILES string of the molecule is O=C(NCCc1cccc2cccnc12)c1cncc(Br)c1. The van der Waals surface area contributed by atoms with Crippen LogP contribution in [0.4, 0.5) is 0 Å². The molecule has 5 heteroatoms. The van der Waals surface area contributed by atoms with Crippen LogP contribution in [0.2, 0.25) is 0 Å². The predicted octanol–water partition coefficient (Wildman–Crippen LogP) is 3.36. The zero-order chi connectivity index (χ0) is 15.4. The molecule has 0 saturated carbocycles. The number of rotatable bonds is 4. The first-order chi connectivity index (χ1) is 10.7. The average Bonchev–Trinajstić information content (AvgIpc) is 2.55. The number of fused-ring (bicyclic) bond motifs is 1. The molecule has 1 N–H and O–H groups in total. The van der Waals surface area contributed by atoms with Crippen LogP contribution in [0.15, 0.2) is 59.5 Å². The average molecular weight is 356 g/mol. The fourth-order valence-electron chi connectivity index (χ4n) is 2.32. The van der Waals surface area contributed by atoms with Crippen molar-refractivity contribution in [2.75, 3.05) is 6.54 Å². The number of aromatic nitrogens is 2. The van der Waals surface area contributed by atoms with Crippen LogP contribution in [0.3, 0.4) is 0 Å². The van der Waals surface area contributed by atoms with E-state index in [4.69, 9.17) is 0 Å². The summed E-state index contributed by atoms with van der Waals surface area (Å²) in [6.45, 7) is 0.557. The Morgan fingerprint density at radius 1 is 1.18 bits per heavy atom. The van der Waals surface area contributed by atoms with Gasteiger partial charge in [-0.15, -0.1) is 0 Å². The lowest BCUT2D eigenvalue weighted by Gasteiger charge is -2.07. The van der Waals surface area contributed by atoms with Crippen LogP contribution in [-0.4, -0.2) is 22.4 Å². The fourth-order valence-corrected chi connectivity index (χ4v) is 2.68. The highest BCUT2D eigenvalue weighted by Crippen LogP contribution is 2.16. The molecule has 4 nitrogen and oxygen atoms in total. The summed E-state index contributed by atoms with van der Waals surface area (Å²) in [5.41, 5.74) is 2.67. The highest BCUT2D eigenvalue weighted by atomic mass is 79.9. The summed E-state index contributed by atoms with van der Waals surface area (Å²) in [6.07, 6.45) is 5.73. The molecular weight excluding hydrogens is 342 g/mol. The minimum atomic E-state index is -0.123. The smallest absolute Gasteiger partial charge is 0.252 e. The number of nitrogens with zero attached hydrogens (tertiary/aromatic N) is 2. The largest absolute Gasteiger partial charge is 0.352 e. The van der Waals surface area contributed by atoms with Gasteiger partial charge in [-0.05, 0) is 40.0 Å². The number of halogens is 1. The molecule has 3 aromatic rings. The molecule has 0 atom stereocenters. The van der Waals surface area contributed by atoms with Crippen LogP contribution in [0.1, 0.15) is 15.9 Å². The summed E-state index contributed by atoms with van der Waals surface area (Å²) in [5.74, 6) is -0.123. The monoisotopic (exact) mass is 355 g/mol. The molecule has 0 bridgehead atoms. The molecule has 0 saturated heterocycles. The van der Waals surface area contributed by atoms with Gasteiger partial charge in [0.1, 0.15) is 0 Å². The molecule has 22 heavy (non-hydrogen) atoms. The van der Waals surface area contributed by atoms with Gasteiger partial charge < -0.3 is 5.32 Å². The standard InChI is InChI=1S/C17H14BrN3O/c18-15-9-14(10-19-11-15)17(22)21-8-6-13-4-1-3-12-5-2-7-20-16(12)13/h1-5,7,9-11H,6,8H2,(H,21,22). The van der Waals surface area contributed by atoms with Gasteiger partial charge in [-0.1, -0.05) is 24.3 Å². The van der Waals surface area contributed by atoms with Gasteiger partial charge in [0.05, 0.1) is 11.1 Å². The number of para-hydroxylation sites is 1. The van der Waals surface area contributed by atoms with Crippen LogP contribution in [0, 0.1) is 0 Å². The molecular formula is C17H14BrN3O. The number of amides is 1. The summed E-state index contributed by atoms with van der Waals surface area (Å²) in [6, 6.07) is 11.8. The van der Waals surface area contributed by atoms with Crippen LogP contribution < -0.4 is 5.32 Å². The number of carbonyl (C=O) groups is 1. The van der Waals surface area contributed by atoms with Crippen molar-refractivity contribution < 1.29 is 4.79 Å². The van der Waals surface area contributed by atoms with E-state index in [2.05, 4.69) is 31.2 Å². The first-order valence-corrected chi connectivity index (χ1v) is 7.75. The Labute approximate surface area is 136 Å². The van der Waals surface area contributed by atoms with Gasteiger partial charge >= 0.3 is 0 Å². The molecule has 110 valence electrons. The second-order valence-electron chi connectivity index (χ2n) is 4.89. The molecule has 2 heterocycles. The van der Waals surface area contributed by atoms with Crippen LogP contribution in [0.25, 0.3) is 10.9 Å². The first kappa shape index (κ1) is 14.7. The number of hydrogen-bond donors (Lipinski definition) is 1. The van der Waals surface area contributed by atoms with Crippen molar-refractivity contribution in [3.8, 4) is 0 Å². The van der Waals surface area contributed by atoms with E-state index in [-0.39, 0.29) is 5.91 Å². The van der Waals surface area contributed by atoms with Gasteiger partial charge in [-0.2, -0.15) is 0 Å². The molecule has 0 spiro atoms. The van der Waals surface area contributed by atoms with Gasteiger partial charge in [0.2, 0.25) is 0 Å². The highest BCUT2D eigenvalue weighted by Gasteiger charge is 2.07. The number of hydrogen-bond acceptors (Lipinski definition) is 3. The van der Waals surface area contributed by atoms with E-state index in [1.165, 1.54) is 0 Å². The van der Waals surface area contributed by atoms with E-state index >= 15 is 0 Å². The Hall–Kier alpha value is -2.27. The van der Waals surface area contributed by atoms with E-state index in [1.54, 1.807) is 24.7 Å². The molecule has 0 radical (unpaired) electrons. The van der Waals surface area contributed by atoms with Crippen molar-refractivity contribution in [3.05, 3.63) is 70.6 Å². The Balaban J connectivity index is 1.66. The summed E-state index contributed by atoms with van der Waals surface area (Å²) in [4.78, 5) is 20.5. The molecule has 0 aliphatic carbocycles. The van der Waals surface area contributed by atoms with Crippen LogP contribution in [0.5, 0.6) is 0 Å². The van der Waals surface area contributed by atoms with Gasteiger partial charge in [0.25, 0.3) is 5.91 Å². The van der Waals surface area contributed by atoms with Crippen molar-refractivity contribution in [3.63, 3.8) is 0 Å². The molecule has 1 amide bonds. The second kappa shape index (κ2) is 6.66. The second-order valence-corrected chi connectivity index (χ2v) is 5.81. The number of nitrogens with one attached hydrogen (secondary N) is 1. The highest BCUT2D eigenvalue weighted by molar-refractivity contribution is 9.10. The number of pyridine rings is 2. The van der Waals surface area contributed by atoms with Crippen molar-refractivity contribution in [1.29, 1.82) is 0 Å². The van der Waals surface area contributed by atoms with E-state index in [9.17, 15) is 4.79 Å². The van der Waals surface area contributed by atoms with Gasteiger partial charge in [0, 0.05) is 35.0 Å². The lowest BCUT2D eigenvalue weighted by Crippen LogP contribution is -2.25. The normalized spacial score (nSPS) is 10.6. The molecule has 2 aromatic heterocycles. The fraction of sp³-hybridized carbons (Fsp3) is 0.118. The number of carbonyl (C=O) groups excluding carboxylic acids is 1. The quantitative estimate of drug-likeness (QED) is 0.780. The van der Waals surface area contributed by atoms with Crippen LogP contribution >= 0.6 is 15.9 Å². The molecule has 0 unspecified atom stereocenters.